The Labute approximate surface area is 194 Å². The average Bonchev–Trinajstić information content (AvgIpc) is 2.97. The number of amides is 1. The summed E-state index contributed by atoms with van der Waals surface area (Å²) >= 11 is 0. The first-order valence-electron chi connectivity index (χ1n) is 10.3. The Morgan fingerprint density at radius 2 is 2.06 bits per heavy atom. The Morgan fingerprint density at radius 3 is 2.71 bits per heavy atom. The van der Waals surface area contributed by atoms with Crippen molar-refractivity contribution in [1.29, 1.82) is 0 Å². The third-order valence-electron chi connectivity index (χ3n) is 5.84. The molecule has 1 fully saturated rings. The van der Waals surface area contributed by atoms with Crippen molar-refractivity contribution < 1.29 is 40.0 Å². The summed E-state index contributed by atoms with van der Waals surface area (Å²) in [6, 6.07) is 3.31. The summed E-state index contributed by atoms with van der Waals surface area (Å²) in [6.45, 7) is 2.08. The van der Waals surface area contributed by atoms with E-state index in [2.05, 4.69) is 14.2 Å². The van der Waals surface area contributed by atoms with Gasteiger partial charge in [-0.05, 0) is 38.0 Å². The summed E-state index contributed by atoms with van der Waals surface area (Å²) in [5, 5.41) is 0. The van der Waals surface area contributed by atoms with E-state index in [-0.39, 0.29) is 17.3 Å². The summed E-state index contributed by atoms with van der Waals surface area (Å²) in [7, 11) is -1.01. The topological polar surface area (TPSA) is 110 Å². The minimum Gasteiger partial charge on any atom is -0.484 e. The van der Waals surface area contributed by atoms with Gasteiger partial charge in [-0.25, -0.2) is 9.98 Å². The van der Waals surface area contributed by atoms with Gasteiger partial charge in [-0.15, -0.1) is 0 Å². The maximum Gasteiger partial charge on any atom is 0.534 e. The number of alkyl halides is 3. The van der Waals surface area contributed by atoms with Crippen LogP contribution in [-0.2, 0) is 25.2 Å². The van der Waals surface area contributed by atoms with Crippen LogP contribution in [0.4, 0.5) is 13.2 Å². The molecule has 4 rings (SSSR count). The lowest BCUT2D eigenvalue weighted by Crippen LogP contribution is -2.64. The van der Waals surface area contributed by atoms with Crippen molar-refractivity contribution in [2.75, 3.05) is 27.7 Å². The van der Waals surface area contributed by atoms with Gasteiger partial charge < -0.3 is 18.6 Å². The molecule has 1 spiro atoms. The number of rotatable bonds is 3. The molecule has 0 aliphatic carbocycles. The fourth-order valence-electron chi connectivity index (χ4n) is 4.37. The minimum atomic E-state index is -5.93. The smallest absolute Gasteiger partial charge is 0.484 e. The summed E-state index contributed by atoms with van der Waals surface area (Å²) in [6.07, 6.45) is 1.68. The molecule has 0 bridgehead atoms. The van der Waals surface area contributed by atoms with Gasteiger partial charge >= 0.3 is 15.6 Å². The first-order chi connectivity index (χ1) is 15.7. The highest BCUT2D eigenvalue weighted by molar-refractivity contribution is 7.88. The lowest BCUT2D eigenvalue weighted by molar-refractivity contribution is -0.175. The molecule has 3 heterocycles. The number of likely N-dealkylation sites (N-methyl/N-ethyl adjacent to an activating group) is 1. The van der Waals surface area contributed by atoms with Crippen LogP contribution in [-0.4, -0.2) is 81.4 Å². The second kappa shape index (κ2) is 7.83. The molecule has 1 aromatic rings. The predicted molar refractivity (Wildman–Crippen MR) is 114 cm³/mol. The van der Waals surface area contributed by atoms with Crippen LogP contribution in [0.2, 0.25) is 0 Å². The number of carbonyl (C=O) groups is 1. The van der Waals surface area contributed by atoms with E-state index in [4.69, 9.17) is 9.47 Å². The van der Waals surface area contributed by atoms with E-state index in [0.717, 1.165) is 12.1 Å². The summed E-state index contributed by atoms with van der Waals surface area (Å²) in [5.74, 6) is -0.979. The molecule has 14 heteroatoms. The molecule has 3 aliphatic rings. The number of aliphatic imine (C=N–C) groups is 2. The van der Waals surface area contributed by atoms with Crippen LogP contribution in [0.1, 0.15) is 25.3 Å². The quantitative estimate of drug-likeness (QED) is 0.267. The molecular weight excluding hydrogens is 481 g/mol. The van der Waals surface area contributed by atoms with Crippen molar-refractivity contribution in [3.63, 3.8) is 0 Å². The van der Waals surface area contributed by atoms with Crippen molar-refractivity contribution in [3.8, 4) is 11.5 Å². The highest BCUT2D eigenvalue weighted by Gasteiger charge is 2.65. The van der Waals surface area contributed by atoms with Crippen molar-refractivity contribution in [3.05, 3.63) is 23.8 Å². The number of benzene rings is 1. The Kier molecular flexibility index (Phi) is 5.59. The molecule has 0 saturated carbocycles. The van der Waals surface area contributed by atoms with E-state index < -0.39 is 44.5 Å². The van der Waals surface area contributed by atoms with Gasteiger partial charge in [-0.1, -0.05) is 0 Å². The summed E-state index contributed by atoms with van der Waals surface area (Å²) in [5.41, 5.74) is -8.35. The number of ether oxygens (including phenoxy) is 2. The third kappa shape index (κ3) is 3.68. The SMILES string of the molecule is CN(C)C=NC1=N[C@@]2(C(=O)N1C)c1cc(OS(=O)(=O)C(F)(F)F)ccc1O[C@]1(C)CCCO[C@H]12. The Morgan fingerprint density at radius 1 is 1.35 bits per heavy atom. The molecule has 0 N–H and O–H groups in total. The van der Waals surface area contributed by atoms with Gasteiger partial charge in [-0.2, -0.15) is 21.6 Å². The molecule has 0 unspecified atom stereocenters. The number of carbonyl (C=O) groups excluding carboxylic acids is 1. The Bertz CT molecular complexity index is 1190. The van der Waals surface area contributed by atoms with Crippen LogP contribution in [0.25, 0.3) is 0 Å². The van der Waals surface area contributed by atoms with E-state index in [1.54, 1.807) is 25.9 Å². The van der Waals surface area contributed by atoms with E-state index in [9.17, 15) is 26.4 Å². The number of halogens is 3. The van der Waals surface area contributed by atoms with Crippen LogP contribution >= 0.6 is 0 Å². The van der Waals surface area contributed by atoms with Crippen molar-refractivity contribution in [2.45, 2.75) is 42.5 Å². The molecular formula is C20H23F3N4O6S. The highest BCUT2D eigenvalue weighted by Crippen LogP contribution is 2.54. The zero-order valence-electron chi connectivity index (χ0n) is 18.8. The van der Waals surface area contributed by atoms with Crippen molar-refractivity contribution in [1.82, 2.24) is 9.80 Å². The molecule has 1 aromatic carbocycles. The average molecular weight is 504 g/mol. The second-order valence-electron chi connectivity index (χ2n) is 8.66. The number of nitrogens with zero attached hydrogens (tertiary/aromatic N) is 4. The zero-order valence-corrected chi connectivity index (χ0v) is 19.6. The number of fused-ring (bicyclic) bond motifs is 4. The van der Waals surface area contributed by atoms with E-state index in [0.29, 0.717) is 19.4 Å². The number of guanidine groups is 1. The first-order valence-corrected chi connectivity index (χ1v) is 11.7. The molecule has 34 heavy (non-hydrogen) atoms. The fraction of sp³-hybridized carbons (Fsp3) is 0.550. The number of hydrogen-bond acceptors (Lipinski definition) is 8. The highest BCUT2D eigenvalue weighted by atomic mass is 32.2. The van der Waals surface area contributed by atoms with Crippen LogP contribution in [0.5, 0.6) is 11.5 Å². The first kappa shape index (κ1) is 24.3. The Hall–Kier alpha value is -2.87. The normalized spacial score (nSPS) is 29.0. The zero-order chi connectivity index (χ0) is 25.1. The largest absolute Gasteiger partial charge is 0.534 e. The van der Waals surface area contributed by atoms with Gasteiger partial charge in [-0.3, -0.25) is 9.69 Å². The van der Waals surface area contributed by atoms with Crippen LogP contribution < -0.4 is 8.92 Å². The lowest BCUT2D eigenvalue weighted by Gasteiger charge is -2.51. The molecule has 3 atom stereocenters. The molecule has 186 valence electrons. The number of hydrogen-bond donors (Lipinski definition) is 0. The van der Waals surface area contributed by atoms with E-state index in [1.165, 1.54) is 24.4 Å². The molecule has 1 amide bonds. The molecule has 3 aliphatic heterocycles. The minimum absolute atomic E-state index is 0.0265. The standard InChI is InChI=1S/C20H23F3N4O6S/c1-18-8-5-9-31-15(18)19(16(28)27(4)17(25-19)24-11-26(2)3)13-10-12(6-7-14(13)32-18)33-34(29,30)20(21,22)23/h6-7,10-11,15H,5,8-9H2,1-4H3/t15-,18-,19+/m1/s1. The van der Waals surface area contributed by atoms with Crippen molar-refractivity contribution in [2.24, 2.45) is 9.98 Å². The second-order valence-corrected chi connectivity index (χ2v) is 10.2. The monoisotopic (exact) mass is 504 g/mol. The van der Waals surface area contributed by atoms with Crippen molar-refractivity contribution >= 4 is 28.3 Å². The van der Waals surface area contributed by atoms with Gasteiger partial charge in [0.1, 0.15) is 23.2 Å². The molecule has 1 saturated heterocycles. The molecule has 0 aromatic heterocycles. The van der Waals surface area contributed by atoms with Crippen LogP contribution in [0.15, 0.2) is 28.2 Å². The summed E-state index contributed by atoms with van der Waals surface area (Å²) < 4.78 is 78.2. The predicted octanol–water partition coefficient (Wildman–Crippen LogP) is 1.86. The summed E-state index contributed by atoms with van der Waals surface area (Å²) in [4.78, 5) is 25.4. The molecule has 10 nitrogen and oxygen atoms in total. The van der Waals surface area contributed by atoms with Gasteiger partial charge in [0.15, 0.2) is 0 Å². The Balaban J connectivity index is 1.91. The van der Waals surface area contributed by atoms with Gasteiger partial charge in [0.05, 0.1) is 6.34 Å². The maximum absolute atomic E-state index is 13.7. The van der Waals surface area contributed by atoms with Gasteiger partial charge in [0.25, 0.3) is 5.91 Å². The maximum atomic E-state index is 13.7. The third-order valence-corrected chi connectivity index (χ3v) is 6.82. The van der Waals surface area contributed by atoms with Gasteiger partial charge in [0, 0.05) is 33.3 Å². The molecule has 0 radical (unpaired) electrons. The van der Waals surface area contributed by atoms with E-state index in [1.807, 2.05) is 0 Å². The van der Waals surface area contributed by atoms with Gasteiger partial charge in [0.2, 0.25) is 11.5 Å². The fourth-order valence-corrected chi connectivity index (χ4v) is 4.82. The van der Waals surface area contributed by atoms with Crippen LogP contribution in [0, 0.1) is 0 Å². The van der Waals surface area contributed by atoms with Crippen LogP contribution in [0.3, 0.4) is 0 Å². The lowest BCUT2D eigenvalue weighted by atomic mass is 9.71. The van der Waals surface area contributed by atoms with E-state index >= 15 is 0 Å².